The third-order valence-corrected chi connectivity index (χ3v) is 4.50. The standard InChI is InChI=1S/C25H24O4/c1-2-3-17-28-23-15-13-22(14-16-23)25(27)29-18-24(26)21-11-9-20(10-12-21)19-7-5-4-6-8-19/h4-16H,2-3,17-18H2,1H3. The van der Waals surface area contributed by atoms with Gasteiger partial charge in [-0.1, -0.05) is 67.9 Å². The zero-order chi connectivity index (χ0) is 20.5. The molecular weight excluding hydrogens is 364 g/mol. The van der Waals surface area contributed by atoms with Gasteiger partial charge in [-0.25, -0.2) is 4.79 Å². The number of carbonyl (C=O) groups excluding carboxylic acids is 2. The van der Waals surface area contributed by atoms with Gasteiger partial charge in [0, 0.05) is 5.56 Å². The molecule has 0 unspecified atom stereocenters. The summed E-state index contributed by atoms with van der Waals surface area (Å²) in [4.78, 5) is 24.5. The van der Waals surface area contributed by atoms with E-state index in [9.17, 15) is 9.59 Å². The fourth-order valence-corrected chi connectivity index (χ4v) is 2.80. The molecule has 0 saturated carbocycles. The van der Waals surface area contributed by atoms with Crippen LogP contribution in [0.4, 0.5) is 0 Å². The molecule has 0 amide bonds. The van der Waals surface area contributed by atoms with Crippen molar-refractivity contribution < 1.29 is 19.1 Å². The van der Waals surface area contributed by atoms with E-state index in [0.29, 0.717) is 23.5 Å². The van der Waals surface area contributed by atoms with Crippen LogP contribution in [0.3, 0.4) is 0 Å². The van der Waals surface area contributed by atoms with Crippen LogP contribution in [0.1, 0.15) is 40.5 Å². The normalized spacial score (nSPS) is 10.4. The number of benzene rings is 3. The first-order valence-electron chi connectivity index (χ1n) is 9.76. The Labute approximate surface area is 171 Å². The van der Waals surface area contributed by atoms with Gasteiger partial charge >= 0.3 is 5.97 Å². The lowest BCUT2D eigenvalue weighted by atomic mass is 10.0. The van der Waals surface area contributed by atoms with Gasteiger partial charge in [-0.15, -0.1) is 0 Å². The van der Waals surface area contributed by atoms with E-state index >= 15 is 0 Å². The van der Waals surface area contributed by atoms with Crippen LogP contribution in [0.15, 0.2) is 78.9 Å². The summed E-state index contributed by atoms with van der Waals surface area (Å²) in [5.74, 6) is -0.0542. The molecule has 3 rings (SSSR count). The number of unbranched alkanes of at least 4 members (excludes halogenated alkanes) is 1. The molecule has 0 aliphatic heterocycles. The lowest BCUT2D eigenvalue weighted by Crippen LogP contribution is -2.14. The Morgan fingerprint density at radius 2 is 1.38 bits per heavy atom. The number of hydrogen-bond donors (Lipinski definition) is 0. The fraction of sp³-hybridized carbons (Fsp3) is 0.200. The monoisotopic (exact) mass is 388 g/mol. The highest BCUT2D eigenvalue weighted by Gasteiger charge is 2.12. The Morgan fingerprint density at radius 3 is 2.03 bits per heavy atom. The molecular formula is C25H24O4. The number of ether oxygens (including phenoxy) is 2. The summed E-state index contributed by atoms with van der Waals surface area (Å²) in [6, 6.07) is 24.0. The van der Waals surface area contributed by atoms with Crippen molar-refractivity contribution in [2.45, 2.75) is 19.8 Å². The van der Waals surface area contributed by atoms with Crippen molar-refractivity contribution in [1.82, 2.24) is 0 Å². The summed E-state index contributed by atoms with van der Waals surface area (Å²) < 4.78 is 10.7. The average molecular weight is 388 g/mol. The predicted octanol–water partition coefficient (Wildman–Crippen LogP) is 5.57. The number of carbonyl (C=O) groups is 2. The highest BCUT2D eigenvalue weighted by molar-refractivity contribution is 5.99. The maximum Gasteiger partial charge on any atom is 0.338 e. The molecule has 0 aromatic heterocycles. The van der Waals surface area contributed by atoms with Gasteiger partial charge in [0.2, 0.25) is 0 Å². The minimum Gasteiger partial charge on any atom is -0.494 e. The minimum atomic E-state index is -0.528. The second-order valence-corrected chi connectivity index (χ2v) is 6.67. The molecule has 0 bridgehead atoms. The fourth-order valence-electron chi connectivity index (χ4n) is 2.80. The summed E-state index contributed by atoms with van der Waals surface area (Å²) in [6.07, 6.45) is 2.05. The molecule has 0 fully saturated rings. The van der Waals surface area contributed by atoms with Gasteiger partial charge < -0.3 is 9.47 Å². The van der Waals surface area contributed by atoms with E-state index in [2.05, 4.69) is 6.92 Å². The Kier molecular flexibility index (Phi) is 7.17. The Bertz CT molecular complexity index is 929. The molecule has 4 heteroatoms. The second-order valence-electron chi connectivity index (χ2n) is 6.67. The maximum absolute atomic E-state index is 12.3. The van der Waals surface area contributed by atoms with E-state index in [1.54, 1.807) is 36.4 Å². The molecule has 0 heterocycles. The van der Waals surface area contributed by atoms with Gasteiger partial charge in [0.15, 0.2) is 12.4 Å². The molecule has 0 N–H and O–H groups in total. The van der Waals surface area contributed by atoms with Gasteiger partial charge in [-0.2, -0.15) is 0 Å². The summed E-state index contributed by atoms with van der Waals surface area (Å²) >= 11 is 0. The number of rotatable bonds is 9. The minimum absolute atomic E-state index is 0.238. The van der Waals surface area contributed by atoms with Gasteiger partial charge in [-0.05, 0) is 41.8 Å². The number of Topliss-reactive ketones (excluding diaryl/α,β-unsaturated/α-hetero) is 1. The molecule has 29 heavy (non-hydrogen) atoms. The lowest BCUT2D eigenvalue weighted by molar-refractivity contribution is 0.0474. The lowest BCUT2D eigenvalue weighted by Gasteiger charge is -2.07. The van der Waals surface area contributed by atoms with Crippen LogP contribution < -0.4 is 4.74 Å². The average Bonchev–Trinajstić information content (AvgIpc) is 2.78. The van der Waals surface area contributed by atoms with Crippen molar-refractivity contribution in [2.75, 3.05) is 13.2 Å². The van der Waals surface area contributed by atoms with Crippen molar-refractivity contribution in [2.24, 2.45) is 0 Å². The summed E-state index contributed by atoms with van der Waals surface area (Å²) in [6.45, 7) is 2.46. The first-order valence-corrected chi connectivity index (χ1v) is 9.76. The first-order chi connectivity index (χ1) is 14.2. The number of ketones is 1. The zero-order valence-electron chi connectivity index (χ0n) is 16.5. The largest absolute Gasteiger partial charge is 0.494 e. The smallest absolute Gasteiger partial charge is 0.338 e. The Balaban J connectivity index is 1.52. The molecule has 4 nitrogen and oxygen atoms in total. The Hall–Kier alpha value is -3.40. The van der Waals surface area contributed by atoms with Crippen molar-refractivity contribution >= 4 is 11.8 Å². The van der Waals surface area contributed by atoms with Gasteiger partial charge in [-0.3, -0.25) is 4.79 Å². The molecule has 0 atom stereocenters. The van der Waals surface area contributed by atoms with E-state index in [1.807, 2.05) is 42.5 Å². The SMILES string of the molecule is CCCCOc1ccc(C(=O)OCC(=O)c2ccc(-c3ccccc3)cc2)cc1. The molecule has 0 spiro atoms. The maximum atomic E-state index is 12.3. The topological polar surface area (TPSA) is 52.6 Å². The summed E-state index contributed by atoms with van der Waals surface area (Å²) in [5, 5.41) is 0. The van der Waals surface area contributed by atoms with Crippen LogP contribution in [0.2, 0.25) is 0 Å². The number of esters is 1. The second kappa shape index (κ2) is 10.2. The molecule has 0 aliphatic carbocycles. The summed E-state index contributed by atoms with van der Waals surface area (Å²) in [5.41, 5.74) is 3.01. The van der Waals surface area contributed by atoms with E-state index in [-0.39, 0.29) is 12.4 Å². The van der Waals surface area contributed by atoms with E-state index < -0.39 is 5.97 Å². The van der Waals surface area contributed by atoms with Gasteiger partial charge in [0.25, 0.3) is 0 Å². The predicted molar refractivity (Wildman–Crippen MR) is 113 cm³/mol. The number of hydrogen-bond acceptors (Lipinski definition) is 4. The van der Waals surface area contributed by atoms with Crippen LogP contribution in [0.25, 0.3) is 11.1 Å². The molecule has 148 valence electrons. The highest BCUT2D eigenvalue weighted by Crippen LogP contribution is 2.19. The van der Waals surface area contributed by atoms with Crippen LogP contribution in [-0.2, 0) is 4.74 Å². The van der Waals surface area contributed by atoms with Crippen LogP contribution in [0, 0.1) is 0 Å². The van der Waals surface area contributed by atoms with Crippen LogP contribution in [0.5, 0.6) is 5.75 Å². The Morgan fingerprint density at radius 1 is 0.759 bits per heavy atom. The van der Waals surface area contributed by atoms with Crippen molar-refractivity contribution in [3.05, 3.63) is 90.0 Å². The molecule has 0 radical (unpaired) electrons. The molecule has 3 aromatic carbocycles. The van der Waals surface area contributed by atoms with Crippen LogP contribution in [-0.4, -0.2) is 25.0 Å². The van der Waals surface area contributed by atoms with E-state index in [1.165, 1.54) is 0 Å². The van der Waals surface area contributed by atoms with Crippen molar-refractivity contribution in [3.8, 4) is 16.9 Å². The van der Waals surface area contributed by atoms with E-state index in [0.717, 1.165) is 24.0 Å². The third kappa shape index (κ3) is 5.79. The summed E-state index contributed by atoms with van der Waals surface area (Å²) in [7, 11) is 0. The van der Waals surface area contributed by atoms with Gasteiger partial charge in [0.1, 0.15) is 5.75 Å². The first kappa shape index (κ1) is 20.3. The van der Waals surface area contributed by atoms with Crippen LogP contribution >= 0.6 is 0 Å². The molecule has 0 saturated heterocycles. The quantitative estimate of drug-likeness (QED) is 0.273. The highest BCUT2D eigenvalue weighted by atomic mass is 16.5. The zero-order valence-corrected chi connectivity index (χ0v) is 16.5. The molecule has 3 aromatic rings. The third-order valence-electron chi connectivity index (χ3n) is 4.50. The molecule has 0 aliphatic rings. The van der Waals surface area contributed by atoms with Gasteiger partial charge in [0.05, 0.1) is 12.2 Å². The van der Waals surface area contributed by atoms with Crippen molar-refractivity contribution in [3.63, 3.8) is 0 Å². The van der Waals surface area contributed by atoms with E-state index in [4.69, 9.17) is 9.47 Å². The van der Waals surface area contributed by atoms with Crippen molar-refractivity contribution in [1.29, 1.82) is 0 Å².